The normalized spacial score (nSPS) is 22.9. The van der Waals surface area contributed by atoms with Gasteiger partial charge in [0, 0.05) is 54.7 Å². The number of esters is 1. The number of amides is 3. The Labute approximate surface area is 350 Å². The quantitative estimate of drug-likeness (QED) is 0.117. The number of hydrogen-bond donors (Lipinski definition) is 3. The maximum Gasteiger partial charge on any atom is 0.407 e. The third kappa shape index (κ3) is 8.22. The number of pyridine rings is 1. The lowest BCUT2D eigenvalue weighted by molar-refractivity contribution is -0.148. The molecule has 8 rings (SSSR count). The first-order valence-electron chi connectivity index (χ1n) is 21.2. The molecule has 3 N–H and O–H groups in total. The molecule has 13 nitrogen and oxygen atoms in total. The first-order valence-corrected chi connectivity index (χ1v) is 21.2. The maximum absolute atomic E-state index is 14.0. The van der Waals surface area contributed by atoms with Gasteiger partial charge < -0.3 is 30.0 Å². The molecular weight excluding hydrogens is 759 g/mol. The van der Waals surface area contributed by atoms with E-state index in [0.717, 1.165) is 77.2 Å². The largest absolute Gasteiger partial charge is 0.464 e. The highest BCUT2D eigenvalue weighted by Gasteiger charge is 2.53. The van der Waals surface area contributed by atoms with Gasteiger partial charge in [0.05, 0.1) is 31.6 Å². The SMILES string of the molecule is CCOC(=O)C(NC(=O)[C@H]1C2CCC(C2)[C@@H]1C1=NC=C(c2ccc(-c3ccc(-c4cnc([C@@H]5CCCN5C(=O)[C@@H](NC(=O)OC)C(C)C)[nH]4)cc3)cc2)C1)c1cccnc1. The molecule has 4 heterocycles. The van der Waals surface area contributed by atoms with Crippen LogP contribution in [-0.2, 0) is 23.9 Å². The number of carbonyl (C=O) groups is 4. The molecular formula is C47H53N7O6. The summed E-state index contributed by atoms with van der Waals surface area (Å²) < 4.78 is 10.1. The van der Waals surface area contributed by atoms with Crippen molar-refractivity contribution in [1.29, 1.82) is 0 Å². The van der Waals surface area contributed by atoms with Crippen LogP contribution >= 0.6 is 0 Å². The van der Waals surface area contributed by atoms with E-state index in [-0.39, 0.29) is 48.1 Å². The van der Waals surface area contributed by atoms with Gasteiger partial charge in [0.2, 0.25) is 11.8 Å². The highest BCUT2D eigenvalue weighted by Crippen LogP contribution is 2.54. The Kier molecular flexibility index (Phi) is 11.9. The average Bonchev–Trinajstić information content (AvgIpc) is 4.13. The summed E-state index contributed by atoms with van der Waals surface area (Å²) in [4.78, 5) is 71.6. The van der Waals surface area contributed by atoms with E-state index in [4.69, 9.17) is 19.5 Å². The number of aliphatic imine (C=N–C) groups is 1. The number of rotatable bonds is 13. The molecule has 3 fully saturated rings. The monoisotopic (exact) mass is 811 g/mol. The summed E-state index contributed by atoms with van der Waals surface area (Å²) in [6, 6.07) is 18.6. The van der Waals surface area contributed by atoms with E-state index in [1.165, 1.54) is 7.11 Å². The third-order valence-electron chi connectivity index (χ3n) is 12.8. The van der Waals surface area contributed by atoms with E-state index in [1.807, 2.05) is 31.1 Å². The summed E-state index contributed by atoms with van der Waals surface area (Å²) in [6.45, 7) is 6.39. The van der Waals surface area contributed by atoms with Crippen LogP contribution in [-0.4, -0.2) is 75.7 Å². The van der Waals surface area contributed by atoms with Gasteiger partial charge in [-0.25, -0.2) is 14.6 Å². The topological polar surface area (TPSA) is 168 Å². The number of fused-ring (bicyclic) bond motifs is 2. The number of carbonyl (C=O) groups excluding carboxylic acids is 4. The van der Waals surface area contributed by atoms with E-state index in [0.29, 0.717) is 24.4 Å². The van der Waals surface area contributed by atoms with Crippen LogP contribution in [0, 0.1) is 29.6 Å². The van der Waals surface area contributed by atoms with E-state index >= 15 is 0 Å². The predicted molar refractivity (Wildman–Crippen MR) is 227 cm³/mol. The van der Waals surface area contributed by atoms with Gasteiger partial charge in [-0.05, 0) is 90.7 Å². The van der Waals surface area contributed by atoms with Crippen LogP contribution in [0.15, 0.2) is 90.4 Å². The molecule has 3 unspecified atom stereocenters. The minimum atomic E-state index is -0.910. The molecule has 3 amide bonds. The Morgan fingerprint density at radius 1 is 0.900 bits per heavy atom. The second-order valence-corrected chi connectivity index (χ2v) is 16.7. The molecule has 0 spiro atoms. The predicted octanol–water partition coefficient (Wildman–Crippen LogP) is 7.45. The third-order valence-corrected chi connectivity index (χ3v) is 12.8. The highest BCUT2D eigenvalue weighted by molar-refractivity contribution is 6.03. The van der Waals surface area contributed by atoms with Crippen molar-refractivity contribution in [3.63, 3.8) is 0 Å². The van der Waals surface area contributed by atoms with Gasteiger partial charge in [-0.1, -0.05) is 68.4 Å². The fourth-order valence-corrected chi connectivity index (χ4v) is 9.83. The van der Waals surface area contributed by atoms with Gasteiger partial charge in [0.1, 0.15) is 11.9 Å². The molecule has 7 atom stereocenters. The zero-order valence-electron chi connectivity index (χ0n) is 34.6. The van der Waals surface area contributed by atoms with Crippen LogP contribution in [0.2, 0.25) is 0 Å². The Morgan fingerprint density at radius 2 is 1.62 bits per heavy atom. The van der Waals surface area contributed by atoms with Crippen molar-refractivity contribution in [2.45, 2.75) is 77.4 Å². The molecule has 0 radical (unpaired) electrons. The van der Waals surface area contributed by atoms with E-state index < -0.39 is 24.1 Å². The van der Waals surface area contributed by atoms with E-state index in [1.54, 1.807) is 31.5 Å². The van der Waals surface area contributed by atoms with Crippen LogP contribution < -0.4 is 10.6 Å². The smallest absolute Gasteiger partial charge is 0.407 e. The number of H-pyrrole nitrogens is 1. The molecule has 4 aliphatic rings. The molecule has 2 aromatic heterocycles. The molecule has 2 bridgehead atoms. The lowest BCUT2D eigenvalue weighted by Gasteiger charge is -2.31. The summed E-state index contributed by atoms with van der Waals surface area (Å²) in [7, 11) is 1.29. The molecule has 2 aliphatic heterocycles. The number of aromatic nitrogens is 3. The molecule has 312 valence electrons. The van der Waals surface area contributed by atoms with Gasteiger partial charge in [-0.15, -0.1) is 0 Å². The molecule has 2 aliphatic carbocycles. The van der Waals surface area contributed by atoms with Crippen LogP contribution in [0.4, 0.5) is 4.79 Å². The summed E-state index contributed by atoms with van der Waals surface area (Å²) in [5.74, 6) is 0.333. The van der Waals surface area contributed by atoms with Crippen molar-refractivity contribution < 1.29 is 28.7 Å². The molecule has 4 aromatic rings. The van der Waals surface area contributed by atoms with Crippen LogP contribution in [0.3, 0.4) is 0 Å². The number of ether oxygens (including phenoxy) is 2. The molecule has 2 aromatic carbocycles. The van der Waals surface area contributed by atoms with Crippen molar-refractivity contribution in [3.05, 3.63) is 102 Å². The summed E-state index contributed by atoms with van der Waals surface area (Å²) in [5.41, 5.74) is 7.91. The lowest BCUT2D eigenvalue weighted by atomic mass is 9.74. The van der Waals surface area contributed by atoms with Crippen LogP contribution in [0.25, 0.3) is 28.0 Å². The van der Waals surface area contributed by atoms with Crippen molar-refractivity contribution in [3.8, 4) is 22.4 Å². The Hall–Kier alpha value is -6.11. The first-order chi connectivity index (χ1) is 29.1. The minimum Gasteiger partial charge on any atom is -0.464 e. The van der Waals surface area contributed by atoms with Gasteiger partial charge in [0.25, 0.3) is 0 Å². The molecule has 2 saturated carbocycles. The molecule has 1 saturated heterocycles. The van der Waals surface area contributed by atoms with Gasteiger partial charge in [0.15, 0.2) is 6.04 Å². The number of imidazole rings is 1. The second kappa shape index (κ2) is 17.6. The molecule has 60 heavy (non-hydrogen) atoms. The van der Waals surface area contributed by atoms with E-state index in [9.17, 15) is 19.2 Å². The van der Waals surface area contributed by atoms with Gasteiger partial charge in [-0.3, -0.25) is 19.6 Å². The number of allylic oxidation sites excluding steroid dienone is 1. The van der Waals surface area contributed by atoms with Crippen molar-refractivity contribution >= 4 is 35.2 Å². The van der Waals surface area contributed by atoms with Gasteiger partial charge in [-0.2, -0.15) is 0 Å². The fraction of sp³-hybridized carbons (Fsp3) is 0.426. The fourth-order valence-electron chi connectivity index (χ4n) is 9.83. The maximum atomic E-state index is 14.0. The number of benzene rings is 2. The number of aromatic amines is 1. The average molecular weight is 812 g/mol. The summed E-state index contributed by atoms with van der Waals surface area (Å²) >= 11 is 0. The number of alkyl carbamates (subject to hydrolysis) is 1. The highest BCUT2D eigenvalue weighted by atomic mass is 16.5. The Balaban J connectivity index is 0.900. The number of hydrogen-bond acceptors (Lipinski definition) is 9. The van der Waals surface area contributed by atoms with E-state index in [2.05, 4.69) is 69.1 Å². The second-order valence-electron chi connectivity index (χ2n) is 16.7. The number of nitrogens with zero attached hydrogens (tertiary/aromatic N) is 4. The number of nitrogens with one attached hydrogen (secondary N) is 3. The molecule has 13 heteroatoms. The standard InChI is InChI=1S/C47H53N7O6/c1-5-60-46(57)42(34-8-6-20-48-24-34)52-44(55)40-33-19-18-32(22-33)39(40)36-23-35(25-49-36)30-12-10-28(11-13-30)29-14-16-31(17-15-29)37-26-50-43(51-37)38-9-7-21-54(38)45(56)41(27(2)3)53-47(58)59-4/h6,8,10-17,20,24-27,32-33,38-42H,5,7,9,18-19,21-23H2,1-4H3,(H,50,51)(H,52,55)(H,53,58)/t32?,33?,38-,39+,40-,41-,42?/m0/s1. The number of likely N-dealkylation sites (tertiary alicyclic amines) is 1. The van der Waals surface area contributed by atoms with Crippen molar-refractivity contribution in [1.82, 2.24) is 30.5 Å². The Morgan fingerprint density at radius 3 is 2.30 bits per heavy atom. The number of methoxy groups -OCH3 is 1. The van der Waals surface area contributed by atoms with Crippen LogP contribution in [0.1, 0.15) is 88.3 Å². The van der Waals surface area contributed by atoms with Crippen molar-refractivity contribution in [2.24, 2.45) is 34.6 Å². The lowest BCUT2D eigenvalue weighted by Crippen LogP contribution is -2.51. The van der Waals surface area contributed by atoms with Crippen LogP contribution in [0.5, 0.6) is 0 Å². The van der Waals surface area contributed by atoms with Gasteiger partial charge >= 0.3 is 12.1 Å². The van der Waals surface area contributed by atoms with Crippen molar-refractivity contribution in [2.75, 3.05) is 20.3 Å². The summed E-state index contributed by atoms with van der Waals surface area (Å²) in [6.07, 6.45) is 11.8. The zero-order valence-corrected chi connectivity index (χ0v) is 34.6. The summed E-state index contributed by atoms with van der Waals surface area (Å²) in [5, 5.41) is 5.75. The first kappa shape index (κ1) is 40.7. The zero-order chi connectivity index (χ0) is 41.9. The Bertz CT molecular complexity index is 2270. The minimum absolute atomic E-state index is 0.0325.